The van der Waals surface area contributed by atoms with Crippen molar-refractivity contribution >= 4 is 17.5 Å². The molecule has 2 heterocycles. The van der Waals surface area contributed by atoms with Crippen LogP contribution in [0.25, 0.3) is 0 Å². The number of hydrogen-bond donors (Lipinski definition) is 1. The fraction of sp³-hybridized carbons (Fsp3) is 0.312. The zero-order chi connectivity index (χ0) is 14.5. The molecule has 0 aliphatic carbocycles. The minimum atomic E-state index is 0.0287. The Labute approximate surface area is 124 Å². The molecule has 21 heavy (non-hydrogen) atoms. The molecule has 108 valence electrons. The Morgan fingerprint density at radius 2 is 1.67 bits per heavy atom. The van der Waals surface area contributed by atoms with Crippen LogP contribution in [0.15, 0.2) is 42.7 Å². The van der Waals surface area contributed by atoms with Crippen LogP contribution in [0.4, 0.5) is 11.6 Å². The molecular weight excluding hydrogens is 264 g/mol. The molecule has 3 rings (SSSR count). The second-order valence-electron chi connectivity index (χ2n) is 5.14. The number of benzene rings is 1. The second-order valence-corrected chi connectivity index (χ2v) is 5.14. The van der Waals surface area contributed by atoms with Gasteiger partial charge in [0.05, 0.1) is 5.56 Å². The summed E-state index contributed by atoms with van der Waals surface area (Å²) < 4.78 is 0. The van der Waals surface area contributed by atoms with Gasteiger partial charge in [0, 0.05) is 31.2 Å². The summed E-state index contributed by atoms with van der Waals surface area (Å²) in [6.45, 7) is 1.67. The van der Waals surface area contributed by atoms with Gasteiger partial charge in [-0.25, -0.2) is 9.97 Å². The molecule has 1 aromatic heterocycles. The number of aromatic nitrogens is 2. The molecule has 2 aromatic rings. The molecular formula is C16H18N4O. The second kappa shape index (κ2) is 6.35. The van der Waals surface area contributed by atoms with Crippen molar-refractivity contribution in [1.29, 1.82) is 0 Å². The molecule has 1 aliphatic rings. The number of likely N-dealkylation sites (tertiary alicyclic amines) is 1. The number of carbonyl (C=O) groups is 1. The van der Waals surface area contributed by atoms with Gasteiger partial charge in [-0.3, -0.25) is 4.79 Å². The average Bonchev–Trinajstić information content (AvgIpc) is 2.57. The Morgan fingerprint density at radius 3 is 2.33 bits per heavy atom. The molecule has 1 amide bonds. The minimum Gasteiger partial charge on any atom is -0.339 e. The molecule has 5 nitrogen and oxygen atoms in total. The number of piperidine rings is 1. The van der Waals surface area contributed by atoms with Crippen molar-refractivity contribution < 1.29 is 4.79 Å². The standard InChI is InChI=1S/C16H18N4O/c21-15(20-9-5-2-6-10-20)13-11-17-16(18-12-13)19-14-7-3-1-4-8-14/h1,3-4,7-8,11-12H,2,5-6,9-10H2,(H,17,18,19). The first-order valence-corrected chi connectivity index (χ1v) is 7.26. The van der Waals surface area contributed by atoms with Gasteiger partial charge in [0.25, 0.3) is 5.91 Å². The highest BCUT2D eigenvalue weighted by atomic mass is 16.2. The molecule has 0 bridgehead atoms. The van der Waals surface area contributed by atoms with Gasteiger partial charge < -0.3 is 10.2 Å². The van der Waals surface area contributed by atoms with Crippen LogP contribution in [0.2, 0.25) is 0 Å². The molecule has 5 heteroatoms. The van der Waals surface area contributed by atoms with Crippen molar-refractivity contribution in [1.82, 2.24) is 14.9 Å². The maximum atomic E-state index is 12.3. The number of amides is 1. The van der Waals surface area contributed by atoms with Gasteiger partial charge in [-0.05, 0) is 31.4 Å². The summed E-state index contributed by atoms with van der Waals surface area (Å²) in [6, 6.07) is 9.71. The van der Waals surface area contributed by atoms with E-state index in [0.29, 0.717) is 11.5 Å². The Balaban J connectivity index is 1.67. The summed E-state index contributed by atoms with van der Waals surface area (Å²) in [5, 5.41) is 3.10. The summed E-state index contributed by atoms with van der Waals surface area (Å²) in [6.07, 6.45) is 6.56. The van der Waals surface area contributed by atoms with E-state index in [2.05, 4.69) is 15.3 Å². The molecule has 1 aliphatic heterocycles. The van der Waals surface area contributed by atoms with Crippen LogP contribution in [0.5, 0.6) is 0 Å². The number of hydrogen-bond acceptors (Lipinski definition) is 4. The van der Waals surface area contributed by atoms with Crippen molar-refractivity contribution in [3.63, 3.8) is 0 Å². The number of anilines is 2. The average molecular weight is 282 g/mol. The molecule has 1 fully saturated rings. The van der Waals surface area contributed by atoms with E-state index in [9.17, 15) is 4.79 Å². The number of nitrogens with one attached hydrogen (secondary N) is 1. The van der Waals surface area contributed by atoms with Gasteiger partial charge in [-0.1, -0.05) is 18.2 Å². The lowest BCUT2D eigenvalue weighted by atomic mass is 10.1. The summed E-state index contributed by atoms with van der Waals surface area (Å²) >= 11 is 0. The Hall–Kier alpha value is -2.43. The van der Waals surface area contributed by atoms with E-state index in [1.165, 1.54) is 6.42 Å². The normalized spacial score (nSPS) is 14.8. The van der Waals surface area contributed by atoms with E-state index in [1.807, 2.05) is 35.2 Å². The van der Waals surface area contributed by atoms with Crippen LogP contribution in [0.3, 0.4) is 0 Å². The molecule has 0 spiro atoms. The SMILES string of the molecule is O=C(c1cnc(Nc2ccccc2)nc1)N1CCCCC1. The van der Waals surface area contributed by atoms with Crippen LogP contribution in [-0.2, 0) is 0 Å². The molecule has 1 N–H and O–H groups in total. The maximum absolute atomic E-state index is 12.3. The molecule has 0 radical (unpaired) electrons. The highest BCUT2D eigenvalue weighted by Gasteiger charge is 2.18. The quantitative estimate of drug-likeness (QED) is 0.940. The van der Waals surface area contributed by atoms with Gasteiger partial charge in [-0.2, -0.15) is 0 Å². The molecule has 0 atom stereocenters. The third-order valence-corrected chi connectivity index (χ3v) is 3.57. The third kappa shape index (κ3) is 3.37. The monoisotopic (exact) mass is 282 g/mol. The van der Waals surface area contributed by atoms with E-state index < -0.39 is 0 Å². The summed E-state index contributed by atoms with van der Waals surface area (Å²) in [5.41, 5.74) is 1.48. The third-order valence-electron chi connectivity index (χ3n) is 3.57. The fourth-order valence-corrected chi connectivity index (χ4v) is 2.43. The highest BCUT2D eigenvalue weighted by molar-refractivity contribution is 5.93. The van der Waals surface area contributed by atoms with Crippen molar-refractivity contribution in [3.8, 4) is 0 Å². The van der Waals surface area contributed by atoms with Crippen LogP contribution < -0.4 is 5.32 Å². The molecule has 0 unspecified atom stereocenters. The van der Waals surface area contributed by atoms with Gasteiger partial charge in [0.15, 0.2) is 0 Å². The Bertz CT molecular complexity index is 591. The van der Waals surface area contributed by atoms with Crippen molar-refractivity contribution in [3.05, 3.63) is 48.3 Å². The summed E-state index contributed by atoms with van der Waals surface area (Å²) in [5.74, 6) is 0.525. The zero-order valence-electron chi connectivity index (χ0n) is 11.8. The summed E-state index contributed by atoms with van der Waals surface area (Å²) in [4.78, 5) is 22.6. The predicted octanol–water partition coefficient (Wildman–Crippen LogP) is 2.85. The lowest BCUT2D eigenvalue weighted by Gasteiger charge is -2.26. The smallest absolute Gasteiger partial charge is 0.256 e. The number of carbonyl (C=O) groups excluding carboxylic acids is 1. The number of nitrogens with zero attached hydrogens (tertiary/aromatic N) is 3. The first kappa shape index (κ1) is 13.5. The maximum Gasteiger partial charge on any atom is 0.256 e. The highest BCUT2D eigenvalue weighted by Crippen LogP contribution is 2.14. The fourth-order valence-electron chi connectivity index (χ4n) is 2.43. The van der Waals surface area contributed by atoms with Crippen molar-refractivity contribution in [2.45, 2.75) is 19.3 Å². The van der Waals surface area contributed by atoms with Crippen LogP contribution >= 0.6 is 0 Å². The van der Waals surface area contributed by atoms with E-state index in [-0.39, 0.29) is 5.91 Å². The molecule has 1 saturated heterocycles. The van der Waals surface area contributed by atoms with Gasteiger partial charge in [-0.15, -0.1) is 0 Å². The molecule has 1 aromatic carbocycles. The number of para-hydroxylation sites is 1. The van der Waals surface area contributed by atoms with E-state index in [1.54, 1.807) is 12.4 Å². The van der Waals surface area contributed by atoms with E-state index in [0.717, 1.165) is 31.6 Å². The zero-order valence-corrected chi connectivity index (χ0v) is 11.8. The number of rotatable bonds is 3. The van der Waals surface area contributed by atoms with Gasteiger partial charge in [0.2, 0.25) is 5.95 Å². The van der Waals surface area contributed by atoms with E-state index in [4.69, 9.17) is 0 Å². The topological polar surface area (TPSA) is 58.1 Å². The first-order chi connectivity index (χ1) is 10.3. The van der Waals surface area contributed by atoms with Gasteiger partial charge >= 0.3 is 0 Å². The Kier molecular flexibility index (Phi) is 4.09. The van der Waals surface area contributed by atoms with E-state index >= 15 is 0 Å². The van der Waals surface area contributed by atoms with Crippen LogP contribution in [-0.4, -0.2) is 33.9 Å². The van der Waals surface area contributed by atoms with Crippen molar-refractivity contribution in [2.75, 3.05) is 18.4 Å². The Morgan fingerprint density at radius 1 is 1.00 bits per heavy atom. The predicted molar refractivity (Wildman–Crippen MR) is 81.5 cm³/mol. The molecule has 0 saturated carbocycles. The first-order valence-electron chi connectivity index (χ1n) is 7.26. The van der Waals surface area contributed by atoms with Crippen LogP contribution in [0, 0.1) is 0 Å². The largest absolute Gasteiger partial charge is 0.339 e. The lowest BCUT2D eigenvalue weighted by Crippen LogP contribution is -2.35. The van der Waals surface area contributed by atoms with Gasteiger partial charge in [0.1, 0.15) is 0 Å². The lowest BCUT2D eigenvalue weighted by molar-refractivity contribution is 0.0723. The van der Waals surface area contributed by atoms with Crippen molar-refractivity contribution in [2.24, 2.45) is 0 Å². The minimum absolute atomic E-state index is 0.0287. The summed E-state index contributed by atoms with van der Waals surface area (Å²) in [7, 11) is 0. The van der Waals surface area contributed by atoms with Crippen LogP contribution in [0.1, 0.15) is 29.6 Å².